The van der Waals surface area contributed by atoms with Gasteiger partial charge in [0.05, 0.1) is 4.90 Å². The van der Waals surface area contributed by atoms with Crippen LogP contribution in [0.3, 0.4) is 0 Å². The average molecular weight is 364 g/mol. The fraction of sp³-hybridized carbons (Fsp3) is 0.118. The molecule has 0 unspecified atom stereocenters. The van der Waals surface area contributed by atoms with Gasteiger partial charge in [-0.05, 0) is 43.3 Å². The zero-order valence-electron chi connectivity index (χ0n) is 13.0. The Hall–Kier alpha value is -2.31. The van der Waals surface area contributed by atoms with Gasteiger partial charge in [-0.3, -0.25) is 4.79 Å². The highest BCUT2D eigenvalue weighted by Gasteiger charge is 2.18. The minimum atomic E-state index is -3.35. The molecule has 0 atom stereocenters. The van der Waals surface area contributed by atoms with Crippen molar-refractivity contribution < 1.29 is 17.6 Å². The number of hydrogen-bond acceptors (Lipinski definition) is 4. The van der Waals surface area contributed by atoms with Crippen molar-refractivity contribution in [3.05, 3.63) is 58.8 Å². The van der Waals surface area contributed by atoms with Crippen molar-refractivity contribution in [3.63, 3.8) is 0 Å². The molecule has 2 aromatic carbocycles. The maximum Gasteiger partial charge on any atom is 0.291 e. The van der Waals surface area contributed by atoms with Crippen LogP contribution in [-0.4, -0.2) is 20.6 Å². The molecule has 0 aliphatic carbocycles. The van der Waals surface area contributed by atoms with E-state index in [0.29, 0.717) is 21.9 Å². The quantitative estimate of drug-likeness (QED) is 0.761. The second-order valence-electron chi connectivity index (χ2n) is 5.45. The number of anilines is 1. The van der Waals surface area contributed by atoms with E-state index in [-0.39, 0.29) is 10.7 Å². The second-order valence-corrected chi connectivity index (χ2v) is 7.90. The van der Waals surface area contributed by atoms with Crippen LogP contribution in [0.25, 0.3) is 11.0 Å². The van der Waals surface area contributed by atoms with Gasteiger partial charge in [0, 0.05) is 27.9 Å². The number of carbonyl (C=O) groups is 1. The summed E-state index contributed by atoms with van der Waals surface area (Å²) in [6.45, 7) is 1.77. The Morgan fingerprint density at radius 2 is 1.92 bits per heavy atom. The van der Waals surface area contributed by atoms with Crippen molar-refractivity contribution in [3.8, 4) is 0 Å². The summed E-state index contributed by atoms with van der Waals surface area (Å²) in [5.41, 5.74) is 1.61. The number of furan rings is 1. The third-order valence-electron chi connectivity index (χ3n) is 3.62. The highest BCUT2D eigenvalue weighted by molar-refractivity contribution is 7.90. The van der Waals surface area contributed by atoms with Crippen LogP contribution in [0, 0.1) is 6.92 Å². The normalized spacial score (nSPS) is 11.6. The summed E-state index contributed by atoms with van der Waals surface area (Å²) in [6.07, 6.45) is 1.11. The second kappa shape index (κ2) is 5.96. The average Bonchev–Trinajstić information content (AvgIpc) is 2.84. The van der Waals surface area contributed by atoms with Crippen molar-refractivity contribution in [2.45, 2.75) is 11.8 Å². The summed E-state index contributed by atoms with van der Waals surface area (Å²) in [4.78, 5) is 12.6. The number of nitrogens with one attached hydrogen (secondary N) is 1. The number of sulfone groups is 1. The first-order valence-corrected chi connectivity index (χ1v) is 9.33. The Bertz CT molecular complexity index is 1050. The fourth-order valence-corrected chi connectivity index (χ4v) is 3.24. The molecule has 3 rings (SSSR count). The number of rotatable bonds is 3. The number of hydrogen-bond donors (Lipinski definition) is 1. The number of aryl methyl sites for hydroxylation is 1. The van der Waals surface area contributed by atoms with E-state index in [1.165, 1.54) is 12.1 Å². The third kappa shape index (κ3) is 3.16. The maximum atomic E-state index is 12.5. The van der Waals surface area contributed by atoms with Crippen LogP contribution in [0.5, 0.6) is 0 Å². The summed E-state index contributed by atoms with van der Waals surface area (Å²) in [6, 6.07) is 11.2. The molecule has 124 valence electrons. The van der Waals surface area contributed by atoms with Gasteiger partial charge in [0.25, 0.3) is 5.91 Å². The van der Waals surface area contributed by atoms with E-state index in [4.69, 9.17) is 16.0 Å². The SMILES string of the molecule is Cc1c(C(=O)Nc2cccc(S(C)(=O)=O)c2)oc2ccc(Cl)cc12. The monoisotopic (exact) mass is 363 g/mol. The Morgan fingerprint density at radius 1 is 1.17 bits per heavy atom. The van der Waals surface area contributed by atoms with E-state index in [9.17, 15) is 13.2 Å². The maximum absolute atomic E-state index is 12.5. The molecule has 0 spiro atoms. The summed E-state index contributed by atoms with van der Waals surface area (Å²) >= 11 is 5.97. The first-order chi connectivity index (χ1) is 11.3. The van der Waals surface area contributed by atoms with Gasteiger partial charge in [-0.15, -0.1) is 0 Å². The Labute approximate surface area is 144 Å². The number of amides is 1. The molecule has 0 saturated carbocycles. The Kier molecular flexibility index (Phi) is 4.11. The molecule has 1 N–H and O–H groups in total. The summed E-state index contributed by atoms with van der Waals surface area (Å²) in [5, 5.41) is 3.97. The molecule has 0 aliphatic rings. The molecule has 7 heteroatoms. The van der Waals surface area contributed by atoms with Crippen molar-refractivity contribution in [1.82, 2.24) is 0 Å². The van der Waals surface area contributed by atoms with Crippen LogP contribution >= 0.6 is 11.6 Å². The molecule has 0 radical (unpaired) electrons. The molecule has 1 amide bonds. The number of halogens is 1. The molecular formula is C17H14ClNO4S. The number of fused-ring (bicyclic) bond motifs is 1. The molecule has 0 bridgehead atoms. The first kappa shape index (κ1) is 16.5. The highest BCUT2D eigenvalue weighted by atomic mass is 35.5. The topological polar surface area (TPSA) is 76.4 Å². The predicted octanol–water partition coefficient (Wildman–Crippen LogP) is 4.05. The zero-order chi connectivity index (χ0) is 17.5. The van der Waals surface area contributed by atoms with E-state index in [1.54, 1.807) is 37.3 Å². The largest absolute Gasteiger partial charge is 0.451 e. The lowest BCUT2D eigenvalue weighted by Crippen LogP contribution is -2.12. The van der Waals surface area contributed by atoms with E-state index in [1.807, 2.05) is 0 Å². The lowest BCUT2D eigenvalue weighted by Gasteiger charge is -2.05. The van der Waals surface area contributed by atoms with Crippen molar-refractivity contribution in [2.75, 3.05) is 11.6 Å². The molecule has 0 saturated heterocycles. The molecule has 24 heavy (non-hydrogen) atoms. The highest BCUT2D eigenvalue weighted by Crippen LogP contribution is 2.28. The molecule has 5 nitrogen and oxygen atoms in total. The van der Waals surface area contributed by atoms with Gasteiger partial charge in [-0.2, -0.15) is 0 Å². The fourth-order valence-electron chi connectivity index (χ4n) is 2.40. The molecule has 0 fully saturated rings. The number of carbonyl (C=O) groups excluding carboxylic acids is 1. The molecule has 1 aromatic heterocycles. The van der Waals surface area contributed by atoms with Gasteiger partial charge in [-0.25, -0.2) is 8.42 Å². The summed E-state index contributed by atoms with van der Waals surface area (Å²) in [5.74, 6) is -0.289. The Morgan fingerprint density at radius 3 is 2.62 bits per heavy atom. The van der Waals surface area contributed by atoms with Crippen LogP contribution in [0.15, 0.2) is 51.8 Å². The van der Waals surface area contributed by atoms with E-state index < -0.39 is 15.7 Å². The van der Waals surface area contributed by atoms with Crippen LogP contribution in [0.1, 0.15) is 16.1 Å². The van der Waals surface area contributed by atoms with Crippen molar-refractivity contribution in [1.29, 1.82) is 0 Å². The molecule has 3 aromatic rings. The number of benzene rings is 2. The van der Waals surface area contributed by atoms with Gasteiger partial charge in [0.2, 0.25) is 0 Å². The van der Waals surface area contributed by atoms with Crippen LogP contribution < -0.4 is 5.32 Å². The first-order valence-electron chi connectivity index (χ1n) is 7.06. The third-order valence-corrected chi connectivity index (χ3v) is 4.97. The lowest BCUT2D eigenvalue weighted by atomic mass is 10.1. The van der Waals surface area contributed by atoms with Gasteiger partial charge >= 0.3 is 0 Å². The van der Waals surface area contributed by atoms with Gasteiger partial charge in [0.1, 0.15) is 5.58 Å². The summed E-state index contributed by atoms with van der Waals surface area (Å²) in [7, 11) is -3.35. The van der Waals surface area contributed by atoms with Gasteiger partial charge < -0.3 is 9.73 Å². The molecular weight excluding hydrogens is 350 g/mol. The van der Waals surface area contributed by atoms with Crippen LogP contribution in [-0.2, 0) is 9.84 Å². The zero-order valence-corrected chi connectivity index (χ0v) is 14.5. The smallest absolute Gasteiger partial charge is 0.291 e. The van der Waals surface area contributed by atoms with Crippen LogP contribution in [0.2, 0.25) is 5.02 Å². The van der Waals surface area contributed by atoms with Crippen LogP contribution in [0.4, 0.5) is 5.69 Å². The lowest BCUT2D eigenvalue weighted by molar-refractivity contribution is 0.0998. The van der Waals surface area contributed by atoms with Crippen molar-refractivity contribution >= 4 is 44.0 Å². The van der Waals surface area contributed by atoms with Crippen molar-refractivity contribution in [2.24, 2.45) is 0 Å². The molecule has 1 heterocycles. The predicted molar refractivity (Wildman–Crippen MR) is 93.5 cm³/mol. The minimum absolute atomic E-state index is 0.133. The van der Waals surface area contributed by atoms with E-state index >= 15 is 0 Å². The standard InChI is InChI=1S/C17H14ClNO4S/c1-10-14-8-11(18)6-7-15(14)23-16(10)17(20)19-12-4-3-5-13(9-12)24(2,21)22/h3-9H,1-2H3,(H,19,20). The van der Waals surface area contributed by atoms with E-state index in [2.05, 4.69) is 5.32 Å². The minimum Gasteiger partial charge on any atom is -0.451 e. The summed E-state index contributed by atoms with van der Waals surface area (Å²) < 4.78 is 28.8. The Balaban J connectivity index is 1.95. The van der Waals surface area contributed by atoms with Gasteiger partial charge in [-0.1, -0.05) is 17.7 Å². The van der Waals surface area contributed by atoms with Gasteiger partial charge in [0.15, 0.2) is 15.6 Å². The molecule has 0 aliphatic heterocycles. The van der Waals surface area contributed by atoms with E-state index in [0.717, 1.165) is 11.6 Å².